The molecule has 0 bridgehead atoms. The maximum atomic E-state index is 13.7. The van der Waals surface area contributed by atoms with Gasteiger partial charge in [0.2, 0.25) is 0 Å². The van der Waals surface area contributed by atoms with Crippen LogP contribution in [0.25, 0.3) is 33.5 Å². The smallest absolute Gasteiger partial charge is 0.416 e. The van der Waals surface area contributed by atoms with Crippen molar-refractivity contribution in [2.75, 3.05) is 7.11 Å². The molecule has 0 spiro atoms. The Bertz CT molecular complexity index is 2220. The van der Waals surface area contributed by atoms with Crippen LogP contribution in [0.1, 0.15) is 52.0 Å². The first kappa shape index (κ1) is 35.0. The van der Waals surface area contributed by atoms with Crippen molar-refractivity contribution in [1.29, 1.82) is 0 Å². The minimum Gasteiger partial charge on any atom is -0.497 e. The molecule has 50 heavy (non-hydrogen) atoms. The van der Waals surface area contributed by atoms with Gasteiger partial charge in [0, 0.05) is 16.0 Å². The molecule has 1 aromatic heterocycles. The van der Waals surface area contributed by atoms with E-state index in [1.54, 1.807) is 7.11 Å². The molecule has 0 saturated carbocycles. The van der Waals surface area contributed by atoms with E-state index in [0.717, 1.165) is 62.2 Å². The molecule has 258 valence electrons. The Labute approximate surface area is 287 Å². The topological polar surface area (TPSA) is 22.1 Å². The second-order valence-electron chi connectivity index (χ2n) is 13.6. The summed E-state index contributed by atoms with van der Waals surface area (Å²) >= 11 is 0. The SMILES string of the molecule is COC1=CCC(=c2c(=C3C=CC(C(C)(C)C)=CC3)c(-c3ccc(C(F)(F)F)cc3)nc(=C3C=CC(C(F)(F)F)=CC3)c2=C2C=CC=CC2)C=C1. The number of halogens is 6. The first-order chi connectivity index (χ1) is 23.6. The highest BCUT2D eigenvalue weighted by atomic mass is 19.4. The van der Waals surface area contributed by atoms with Crippen LogP contribution in [-0.4, -0.2) is 18.3 Å². The van der Waals surface area contributed by atoms with Crippen molar-refractivity contribution in [3.63, 3.8) is 0 Å². The highest BCUT2D eigenvalue weighted by molar-refractivity contribution is 5.77. The van der Waals surface area contributed by atoms with E-state index >= 15 is 0 Å². The lowest BCUT2D eigenvalue weighted by Crippen LogP contribution is -2.54. The summed E-state index contributed by atoms with van der Waals surface area (Å²) < 4.78 is 87.7. The number of nitrogens with zero attached hydrogens (tertiary/aromatic N) is 1. The molecule has 6 rings (SSSR count). The Morgan fingerprint density at radius 1 is 0.580 bits per heavy atom. The van der Waals surface area contributed by atoms with Crippen molar-refractivity contribution in [2.45, 2.75) is 58.8 Å². The summed E-state index contributed by atoms with van der Waals surface area (Å²) in [4.78, 5) is 5.24. The van der Waals surface area contributed by atoms with Gasteiger partial charge in [0.1, 0.15) is 5.76 Å². The fourth-order valence-corrected chi connectivity index (χ4v) is 6.58. The molecule has 0 amide bonds. The van der Waals surface area contributed by atoms with E-state index < -0.39 is 23.5 Å². The zero-order valence-electron chi connectivity index (χ0n) is 28.3. The zero-order valence-corrected chi connectivity index (χ0v) is 28.3. The molecule has 2 aromatic rings. The number of allylic oxidation sites excluding steroid dienone is 15. The number of benzene rings is 1. The van der Waals surface area contributed by atoms with Crippen LogP contribution in [0.3, 0.4) is 0 Å². The molecule has 0 saturated heterocycles. The highest BCUT2D eigenvalue weighted by Gasteiger charge is 2.33. The van der Waals surface area contributed by atoms with Crippen molar-refractivity contribution < 1.29 is 31.1 Å². The Balaban J connectivity index is 1.83. The normalized spacial score (nSPS) is 22.4. The van der Waals surface area contributed by atoms with Gasteiger partial charge >= 0.3 is 12.4 Å². The summed E-state index contributed by atoms with van der Waals surface area (Å²) in [5.74, 6) is 0.694. The number of hydrogen-bond donors (Lipinski definition) is 0. The molecule has 0 atom stereocenters. The lowest BCUT2D eigenvalue weighted by atomic mass is 9.82. The summed E-state index contributed by atoms with van der Waals surface area (Å²) in [6.07, 6.45) is 16.3. The largest absolute Gasteiger partial charge is 0.497 e. The number of aromatic nitrogens is 1. The molecular weight excluding hydrogens is 648 g/mol. The maximum Gasteiger partial charge on any atom is 0.416 e. The monoisotopic (exact) mass is 685 g/mol. The van der Waals surface area contributed by atoms with Crippen LogP contribution in [-0.2, 0) is 10.9 Å². The van der Waals surface area contributed by atoms with Crippen LogP contribution in [0, 0.1) is 5.41 Å². The van der Waals surface area contributed by atoms with Gasteiger partial charge in [-0.2, -0.15) is 26.3 Å². The second-order valence-corrected chi connectivity index (χ2v) is 13.6. The van der Waals surface area contributed by atoms with Crippen LogP contribution in [0.5, 0.6) is 0 Å². The predicted molar refractivity (Wildman–Crippen MR) is 188 cm³/mol. The van der Waals surface area contributed by atoms with E-state index in [0.29, 0.717) is 47.2 Å². The summed E-state index contributed by atoms with van der Waals surface area (Å²) in [7, 11) is 1.59. The Morgan fingerprint density at radius 3 is 1.70 bits per heavy atom. The number of methoxy groups -OCH3 is 1. The van der Waals surface area contributed by atoms with E-state index in [1.807, 2.05) is 42.5 Å². The summed E-state index contributed by atoms with van der Waals surface area (Å²) in [6, 6.07) is 4.94. The van der Waals surface area contributed by atoms with Crippen molar-refractivity contribution in [2.24, 2.45) is 5.41 Å². The van der Waals surface area contributed by atoms with Gasteiger partial charge in [-0.25, -0.2) is 4.98 Å². The van der Waals surface area contributed by atoms with E-state index in [4.69, 9.17) is 9.72 Å². The fraction of sp³-hybridized carbons (Fsp3) is 0.262. The molecule has 0 N–H and O–H groups in total. The van der Waals surface area contributed by atoms with E-state index in [1.165, 1.54) is 18.2 Å². The molecule has 4 aliphatic rings. The van der Waals surface area contributed by atoms with Gasteiger partial charge in [0.25, 0.3) is 0 Å². The standard InChI is InChI=1S/C42H37F6NO/c1-40(2,3)31-18-10-28(11-19-31)37-35(27-16-24-34(50-4)25-17-27)36(26-8-6-5-7-9-26)38(29-12-20-32(21-13-29)41(43,44)45)49-39(37)30-14-22-33(23-15-30)42(46,47)48/h5-8,10,12,14-16,18-25H,9,11,13,17H2,1-4H3. The van der Waals surface area contributed by atoms with Crippen LogP contribution in [0.4, 0.5) is 26.3 Å². The lowest BCUT2D eigenvalue weighted by molar-refractivity contribution is -0.137. The van der Waals surface area contributed by atoms with Crippen molar-refractivity contribution in [3.05, 3.63) is 147 Å². The van der Waals surface area contributed by atoms with Gasteiger partial charge in [0.15, 0.2) is 0 Å². The van der Waals surface area contributed by atoms with Crippen LogP contribution < -0.4 is 21.0 Å². The molecule has 0 radical (unpaired) electrons. The van der Waals surface area contributed by atoms with Gasteiger partial charge in [-0.05, 0) is 94.5 Å². The van der Waals surface area contributed by atoms with E-state index in [9.17, 15) is 26.3 Å². The average Bonchev–Trinajstić information content (AvgIpc) is 3.10. The molecule has 4 aliphatic carbocycles. The Kier molecular flexibility index (Phi) is 9.42. The lowest BCUT2D eigenvalue weighted by Gasteiger charge is -2.23. The number of rotatable bonds is 2. The maximum absolute atomic E-state index is 13.7. The molecule has 0 aliphatic heterocycles. The molecular formula is C42H37F6NO. The van der Waals surface area contributed by atoms with Crippen molar-refractivity contribution in [3.8, 4) is 11.3 Å². The first-order valence-corrected chi connectivity index (χ1v) is 16.4. The van der Waals surface area contributed by atoms with Crippen LogP contribution in [0.2, 0.25) is 0 Å². The van der Waals surface area contributed by atoms with Crippen molar-refractivity contribution >= 4 is 22.3 Å². The summed E-state index contributed by atoms with van der Waals surface area (Å²) in [5.41, 5.74) is 3.86. The third kappa shape index (κ3) is 7.21. The summed E-state index contributed by atoms with van der Waals surface area (Å²) in [6.45, 7) is 6.41. The van der Waals surface area contributed by atoms with Crippen LogP contribution >= 0.6 is 0 Å². The average molecular weight is 686 g/mol. The van der Waals surface area contributed by atoms with Crippen LogP contribution in [0.15, 0.2) is 120 Å². The summed E-state index contributed by atoms with van der Waals surface area (Å²) in [5, 5.41) is 2.91. The quantitative estimate of drug-likeness (QED) is 0.295. The van der Waals surface area contributed by atoms with Gasteiger partial charge in [-0.3, -0.25) is 0 Å². The second kappa shape index (κ2) is 13.5. The third-order valence-electron chi connectivity index (χ3n) is 9.25. The van der Waals surface area contributed by atoms with E-state index in [-0.39, 0.29) is 11.8 Å². The third-order valence-corrected chi connectivity index (χ3v) is 9.25. The van der Waals surface area contributed by atoms with Crippen molar-refractivity contribution in [1.82, 2.24) is 4.98 Å². The van der Waals surface area contributed by atoms with Gasteiger partial charge in [-0.15, -0.1) is 0 Å². The van der Waals surface area contributed by atoms with E-state index in [2.05, 4.69) is 39.0 Å². The van der Waals surface area contributed by atoms with Gasteiger partial charge < -0.3 is 4.74 Å². The molecule has 0 unspecified atom stereocenters. The number of hydrogen-bond acceptors (Lipinski definition) is 2. The minimum atomic E-state index is -4.53. The fourth-order valence-electron chi connectivity index (χ4n) is 6.58. The molecule has 1 heterocycles. The van der Waals surface area contributed by atoms with Gasteiger partial charge in [0.05, 0.1) is 29.3 Å². The molecule has 8 heteroatoms. The number of alkyl halides is 6. The Morgan fingerprint density at radius 2 is 1.18 bits per heavy atom. The highest BCUT2D eigenvalue weighted by Crippen LogP contribution is 2.33. The molecule has 1 aromatic carbocycles. The first-order valence-electron chi connectivity index (χ1n) is 16.4. The predicted octanol–water partition coefficient (Wildman–Crippen LogP) is 8.76. The molecule has 0 fully saturated rings. The minimum absolute atomic E-state index is 0.0174. The molecule has 2 nitrogen and oxygen atoms in total. The van der Waals surface area contributed by atoms with Gasteiger partial charge in [-0.1, -0.05) is 93.7 Å². The number of ether oxygens (including phenoxy) is 1. The zero-order chi connectivity index (χ0) is 35.8. The Hall–Kier alpha value is -4.85. The number of pyridine rings is 1.